The van der Waals surface area contributed by atoms with Gasteiger partial charge in [-0.15, -0.1) is 0 Å². The van der Waals surface area contributed by atoms with Crippen molar-refractivity contribution < 1.29 is 36.4 Å². The van der Waals surface area contributed by atoms with Gasteiger partial charge in [-0.1, -0.05) is 6.58 Å². The molecule has 9 heteroatoms. The molecule has 5 atom stereocenters. The summed E-state index contributed by atoms with van der Waals surface area (Å²) < 4.78 is 45.8. The Morgan fingerprint density at radius 2 is 1.92 bits per heavy atom. The van der Waals surface area contributed by atoms with E-state index in [-0.39, 0.29) is 12.0 Å². The minimum Gasteiger partial charge on any atom is -0.451 e. The lowest BCUT2D eigenvalue weighted by molar-refractivity contribution is -0.198. The second-order valence-electron chi connectivity index (χ2n) is 7.06. The van der Waals surface area contributed by atoms with E-state index in [4.69, 9.17) is 18.4 Å². The molecule has 0 aromatic carbocycles. The molecule has 0 spiro atoms. The summed E-state index contributed by atoms with van der Waals surface area (Å²) in [6.07, 6.45) is -0.534. The lowest BCUT2D eigenvalue weighted by atomic mass is 9.67. The molecule has 3 rings (SSSR count). The predicted molar refractivity (Wildman–Crippen MR) is 80.4 cm³/mol. The smallest absolute Gasteiger partial charge is 0.345 e. The summed E-state index contributed by atoms with van der Waals surface area (Å²) in [4.78, 5) is 23.5. The molecule has 2 bridgehead atoms. The van der Waals surface area contributed by atoms with Crippen molar-refractivity contribution in [1.29, 1.82) is 0 Å². The van der Waals surface area contributed by atoms with Crippen LogP contribution < -0.4 is 0 Å². The van der Waals surface area contributed by atoms with Crippen LogP contribution in [0.5, 0.6) is 0 Å². The van der Waals surface area contributed by atoms with Crippen LogP contribution >= 0.6 is 0 Å². The molecule has 5 unspecified atom stereocenters. The van der Waals surface area contributed by atoms with E-state index >= 15 is 0 Å². The molecule has 3 fully saturated rings. The Bertz CT molecular complexity index is 743. The third kappa shape index (κ3) is 2.01. The Morgan fingerprint density at radius 1 is 1.29 bits per heavy atom. The first-order valence-electron chi connectivity index (χ1n) is 7.53. The number of ether oxygens (including phenoxy) is 3. The van der Waals surface area contributed by atoms with Crippen molar-refractivity contribution in [1.82, 2.24) is 0 Å². The molecule has 3 heterocycles. The van der Waals surface area contributed by atoms with Crippen LogP contribution in [0.1, 0.15) is 34.1 Å². The monoisotopic (exact) mass is 360 g/mol. The topological polar surface area (TPSA) is 105 Å². The first-order valence-corrected chi connectivity index (χ1v) is 9.00. The highest BCUT2D eigenvalue weighted by atomic mass is 32.2. The number of carbonyl (C=O) groups excluding carboxylic acids is 2. The molecule has 0 aliphatic carbocycles. The first-order chi connectivity index (χ1) is 10.9. The molecule has 0 amide bonds. The summed E-state index contributed by atoms with van der Waals surface area (Å²) in [5.74, 6) is -1.52. The summed E-state index contributed by atoms with van der Waals surface area (Å²) in [6.45, 7) is 9.12. The van der Waals surface area contributed by atoms with E-state index < -0.39 is 56.8 Å². The van der Waals surface area contributed by atoms with Gasteiger partial charge in [-0.05, 0) is 27.7 Å². The lowest BCUT2D eigenvalue weighted by Gasteiger charge is -2.45. The van der Waals surface area contributed by atoms with Gasteiger partial charge in [-0.25, -0.2) is 9.59 Å². The molecule has 134 valence electrons. The van der Waals surface area contributed by atoms with Gasteiger partial charge in [0.25, 0.3) is 10.1 Å². The van der Waals surface area contributed by atoms with Gasteiger partial charge in [-0.2, -0.15) is 8.42 Å². The number of hydrogen-bond donors (Lipinski definition) is 0. The average molecular weight is 360 g/mol. The molecule has 0 saturated carbocycles. The molecule has 3 aliphatic heterocycles. The van der Waals surface area contributed by atoms with E-state index in [9.17, 15) is 18.0 Å². The highest BCUT2D eigenvalue weighted by molar-refractivity contribution is 7.87. The van der Waals surface area contributed by atoms with Crippen LogP contribution in [0.3, 0.4) is 0 Å². The molecule has 3 aliphatic rings. The summed E-state index contributed by atoms with van der Waals surface area (Å²) in [5.41, 5.74) is -3.51. The van der Waals surface area contributed by atoms with E-state index in [2.05, 4.69) is 6.58 Å². The van der Waals surface area contributed by atoms with Crippen molar-refractivity contribution in [3.63, 3.8) is 0 Å². The van der Waals surface area contributed by atoms with Gasteiger partial charge in [-0.3, -0.25) is 4.18 Å². The molecule has 0 aromatic heterocycles. The number of esters is 2. The zero-order valence-electron chi connectivity index (χ0n) is 14.0. The van der Waals surface area contributed by atoms with Gasteiger partial charge in [0.05, 0.1) is 0 Å². The Labute approximate surface area is 140 Å². The number of fused-ring (bicyclic) bond motifs is 1. The molecule has 0 N–H and O–H groups in total. The maximum Gasteiger partial charge on any atom is 0.345 e. The molecule has 8 nitrogen and oxygen atoms in total. The molecule has 3 saturated heterocycles. The fourth-order valence-corrected chi connectivity index (χ4v) is 5.86. The van der Waals surface area contributed by atoms with E-state index in [1.807, 2.05) is 0 Å². The Balaban J connectivity index is 1.82. The molecule has 0 aromatic rings. The zero-order chi connectivity index (χ0) is 18.1. The maximum absolute atomic E-state index is 12.2. The second-order valence-corrected chi connectivity index (χ2v) is 8.82. The lowest BCUT2D eigenvalue weighted by Crippen LogP contribution is -2.64. The summed E-state index contributed by atoms with van der Waals surface area (Å²) in [7, 11) is -3.78. The van der Waals surface area contributed by atoms with Gasteiger partial charge in [0, 0.05) is 12.0 Å². The van der Waals surface area contributed by atoms with Crippen molar-refractivity contribution in [2.45, 2.75) is 62.3 Å². The highest BCUT2D eigenvalue weighted by Crippen LogP contribution is 2.64. The maximum atomic E-state index is 12.2. The normalized spacial score (nSPS) is 44.3. The van der Waals surface area contributed by atoms with Crippen LogP contribution in [0.15, 0.2) is 12.2 Å². The van der Waals surface area contributed by atoms with Gasteiger partial charge in [0.1, 0.15) is 17.0 Å². The van der Waals surface area contributed by atoms with Gasteiger partial charge >= 0.3 is 11.9 Å². The fraction of sp³-hybridized carbons (Fsp3) is 0.733. The first kappa shape index (κ1) is 17.4. The quantitative estimate of drug-likeness (QED) is 0.404. The van der Waals surface area contributed by atoms with Gasteiger partial charge in [0.2, 0.25) is 0 Å². The van der Waals surface area contributed by atoms with Crippen LogP contribution in [0.25, 0.3) is 0 Å². The predicted octanol–water partition coefficient (Wildman–Crippen LogP) is 0.456. The van der Waals surface area contributed by atoms with Gasteiger partial charge < -0.3 is 14.2 Å². The molecule has 24 heavy (non-hydrogen) atoms. The summed E-state index contributed by atoms with van der Waals surface area (Å²) >= 11 is 0. The van der Waals surface area contributed by atoms with E-state index in [0.717, 1.165) is 0 Å². The number of rotatable bonds is 4. The third-order valence-corrected chi connectivity index (χ3v) is 7.20. The SMILES string of the molecule is C=C(C)C(=O)OCC(=O)OC1(C)C2(C)CC3C(O2)C1(C)OS3(=O)=O. The van der Waals surface area contributed by atoms with Crippen molar-refractivity contribution in [2.75, 3.05) is 6.61 Å². The minimum absolute atomic E-state index is 0.157. The van der Waals surface area contributed by atoms with Crippen molar-refractivity contribution in [3.05, 3.63) is 12.2 Å². The van der Waals surface area contributed by atoms with Crippen molar-refractivity contribution in [3.8, 4) is 0 Å². The van der Waals surface area contributed by atoms with Crippen molar-refractivity contribution in [2.24, 2.45) is 0 Å². The van der Waals surface area contributed by atoms with Crippen LogP contribution in [-0.2, 0) is 38.1 Å². The largest absolute Gasteiger partial charge is 0.451 e. The Hall–Kier alpha value is -1.45. The average Bonchev–Trinajstić information content (AvgIpc) is 2.95. The second kappa shape index (κ2) is 4.80. The highest BCUT2D eigenvalue weighted by Gasteiger charge is 2.83. The van der Waals surface area contributed by atoms with E-state index in [1.165, 1.54) is 6.92 Å². The van der Waals surface area contributed by atoms with E-state index in [1.54, 1.807) is 20.8 Å². The molecule has 0 radical (unpaired) electrons. The zero-order valence-corrected chi connectivity index (χ0v) is 14.8. The van der Waals surface area contributed by atoms with Crippen LogP contribution in [0, 0.1) is 0 Å². The summed E-state index contributed by atoms with van der Waals surface area (Å²) in [6, 6.07) is 0. The van der Waals surface area contributed by atoms with Gasteiger partial charge in [0.15, 0.2) is 17.8 Å². The molecular weight excluding hydrogens is 340 g/mol. The summed E-state index contributed by atoms with van der Waals surface area (Å²) in [5, 5.41) is -0.763. The Morgan fingerprint density at radius 3 is 2.50 bits per heavy atom. The fourth-order valence-electron chi connectivity index (χ4n) is 3.86. The number of carbonyl (C=O) groups is 2. The van der Waals surface area contributed by atoms with Crippen LogP contribution in [-0.4, -0.2) is 55.1 Å². The van der Waals surface area contributed by atoms with Crippen molar-refractivity contribution >= 4 is 22.1 Å². The molecular formula is C15H20O8S. The Kier molecular flexibility index (Phi) is 3.47. The van der Waals surface area contributed by atoms with Crippen LogP contribution in [0.2, 0.25) is 0 Å². The standard InChI is InChI=1S/C15H20O8S/c1-8(2)12(17)20-7-10(16)21-15(5)13(3)6-9-11(22-13)14(15,4)23-24(9,18)19/h9,11H,1,6-7H2,2-5H3. The van der Waals surface area contributed by atoms with E-state index in [0.29, 0.717) is 0 Å². The van der Waals surface area contributed by atoms with Crippen LogP contribution in [0.4, 0.5) is 0 Å². The minimum atomic E-state index is -3.78. The number of hydrogen-bond acceptors (Lipinski definition) is 8. The third-order valence-electron chi connectivity index (χ3n) is 5.46.